The molecule has 3 heteroatoms. The first kappa shape index (κ1) is 15.8. The van der Waals surface area contributed by atoms with Gasteiger partial charge in [-0.3, -0.25) is 9.59 Å². The quantitative estimate of drug-likeness (QED) is 0.600. The van der Waals surface area contributed by atoms with E-state index in [-0.39, 0.29) is 22.4 Å². The summed E-state index contributed by atoms with van der Waals surface area (Å²) in [7, 11) is 0. The summed E-state index contributed by atoms with van der Waals surface area (Å²) < 4.78 is 6.22. The van der Waals surface area contributed by atoms with Gasteiger partial charge in [0.2, 0.25) is 0 Å². The van der Waals surface area contributed by atoms with Gasteiger partial charge in [0.25, 0.3) is 0 Å². The lowest BCUT2D eigenvalue weighted by Gasteiger charge is -2.60. The second-order valence-electron chi connectivity index (χ2n) is 11.5. The Balaban J connectivity index is 1.33. The third kappa shape index (κ3) is 1.58. The molecular weight excluding hydrogens is 336 g/mol. The van der Waals surface area contributed by atoms with Crippen LogP contribution < -0.4 is 0 Å². The van der Waals surface area contributed by atoms with Gasteiger partial charge in [0.1, 0.15) is 5.60 Å². The molecule has 0 aromatic rings. The normalized spacial score (nSPS) is 62.0. The number of carbonyl (C=O) groups is 2. The fourth-order valence-electron chi connectivity index (χ4n) is 9.74. The fraction of sp³-hybridized carbons (Fsp3) is 0.833. The molecule has 0 aromatic carbocycles. The standard InChI is InChI=1S/C24H30O3/c1-22-6-3-12(25)9-17(22)13-10-14(13)20-16(22)4-7-23(2)21(20)15-11-18(15)24(23)8-5-19(26)27-24/h9,13-16,18,20-21H,3-8,10-11H2,1-2H3/t13-,14+,15-,16+,18+,20?,21+,22-,23+,24?/m1/s1. The van der Waals surface area contributed by atoms with Gasteiger partial charge in [0.05, 0.1) is 0 Å². The predicted molar refractivity (Wildman–Crippen MR) is 99.5 cm³/mol. The Morgan fingerprint density at radius 3 is 2.63 bits per heavy atom. The second kappa shape index (κ2) is 4.39. The van der Waals surface area contributed by atoms with Crippen molar-refractivity contribution in [3.05, 3.63) is 11.6 Å². The van der Waals surface area contributed by atoms with E-state index in [2.05, 4.69) is 19.9 Å². The highest BCUT2D eigenvalue weighted by atomic mass is 16.6. The Morgan fingerprint density at radius 2 is 1.85 bits per heavy atom. The van der Waals surface area contributed by atoms with E-state index in [1.165, 1.54) is 31.3 Å². The van der Waals surface area contributed by atoms with Crippen molar-refractivity contribution in [3.63, 3.8) is 0 Å². The molecule has 10 atom stereocenters. The zero-order valence-corrected chi connectivity index (χ0v) is 16.5. The predicted octanol–water partition coefficient (Wildman–Crippen LogP) is 4.31. The summed E-state index contributed by atoms with van der Waals surface area (Å²) in [5.41, 5.74) is 1.85. The van der Waals surface area contributed by atoms with Crippen molar-refractivity contribution in [1.29, 1.82) is 0 Å². The Labute approximate surface area is 161 Å². The van der Waals surface area contributed by atoms with Crippen LogP contribution in [0, 0.1) is 52.3 Å². The summed E-state index contributed by atoms with van der Waals surface area (Å²) in [6.07, 6.45) is 10.6. The third-order valence-corrected chi connectivity index (χ3v) is 10.9. The van der Waals surface area contributed by atoms with Gasteiger partial charge >= 0.3 is 5.97 Å². The van der Waals surface area contributed by atoms with Gasteiger partial charge in [-0.15, -0.1) is 0 Å². The van der Waals surface area contributed by atoms with Crippen LogP contribution in [0.25, 0.3) is 0 Å². The lowest BCUT2D eigenvalue weighted by molar-refractivity contribution is -0.177. The van der Waals surface area contributed by atoms with Crippen molar-refractivity contribution in [2.24, 2.45) is 52.3 Å². The first-order valence-corrected chi connectivity index (χ1v) is 11.4. The number of allylic oxidation sites excluding steroid dienone is 1. The molecule has 6 aliphatic carbocycles. The molecule has 7 aliphatic rings. The van der Waals surface area contributed by atoms with Crippen LogP contribution in [0.15, 0.2) is 11.6 Å². The van der Waals surface area contributed by atoms with Crippen LogP contribution in [0.3, 0.4) is 0 Å². The van der Waals surface area contributed by atoms with E-state index >= 15 is 0 Å². The number of hydrogen-bond donors (Lipinski definition) is 0. The number of hydrogen-bond acceptors (Lipinski definition) is 3. The first-order valence-electron chi connectivity index (χ1n) is 11.4. The average Bonchev–Trinajstić information content (AvgIpc) is 3.53. The maximum Gasteiger partial charge on any atom is 0.306 e. The first-order chi connectivity index (χ1) is 12.9. The highest BCUT2D eigenvalue weighted by Gasteiger charge is 2.81. The van der Waals surface area contributed by atoms with Crippen molar-refractivity contribution in [2.75, 3.05) is 0 Å². The van der Waals surface area contributed by atoms with Crippen LogP contribution in [0.2, 0.25) is 0 Å². The van der Waals surface area contributed by atoms with Gasteiger partial charge in [0, 0.05) is 24.2 Å². The Bertz CT molecular complexity index is 827. The fourth-order valence-corrected chi connectivity index (χ4v) is 9.74. The van der Waals surface area contributed by atoms with Gasteiger partial charge in [-0.05, 0) is 85.5 Å². The monoisotopic (exact) mass is 366 g/mol. The molecule has 0 N–H and O–H groups in total. The van der Waals surface area contributed by atoms with Crippen molar-refractivity contribution in [3.8, 4) is 0 Å². The van der Waals surface area contributed by atoms with Crippen LogP contribution in [0.1, 0.15) is 65.2 Å². The summed E-state index contributed by atoms with van der Waals surface area (Å²) in [5, 5.41) is 0. The van der Waals surface area contributed by atoms with Crippen molar-refractivity contribution >= 4 is 11.8 Å². The third-order valence-electron chi connectivity index (χ3n) is 10.9. The van der Waals surface area contributed by atoms with Crippen molar-refractivity contribution in [1.82, 2.24) is 0 Å². The maximum absolute atomic E-state index is 12.2. The summed E-state index contributed by atoms with van der Waals surface area (Å²) in [4.78, 5) is 24.3. The smallest absolute Gasteiger partial charge is 0.306 e. The van der Waals surface area contributed by atoms with Gasteiger partial charge in [-0.1, -0.05) is 19.4 Å². The Morgan fingerprint density at radius 1 is 1.00 bits per heavy atom. The largest absolute Gasteiger partial charge is 0.458 e. The highest BCUT2D eigenvalue weighted by Crippen LogP contribution is 2.82. The van der Waals surface area contributed by atoms with Crippen molar-refractivity contribution < 1.29 is 14.3 Å². The van der Waals surface area contributed by atoms with Gasteiger partial charge in [-0.25, -0.2) is 0 Å². The van der Waals surface area contributed by atoms with Gasteiger partial charge < -0.3 is 4.74 Å². The molecule has 144 valence electrons. The number of rotatable bonds is 0. The number of ketones is 1. The molecule has 0 amide bonds. The highest BCUT2D eigenvalue weighted by molar-refractivity contribution is 5.92. The SMILES string of the molecule is C[C@]12CCC(=O)C=C1[C@@H]1C[C@@H]1C1[C@@H]3[C@@H]4C[C@@H]4C4(CCC(=O)O4)[C@@]3(C)CC[C@@H]12. The summed E-state index contributed by atoms with van der Waals surface area (Å²) in [6.45, 7) is 4.99. The molecule has 1 heterocycles. The molecule has 2 unspecified atom stereocenters. The van der Waals surface area contributed by atoms with Gasteiger partial charge in [-0.2, -0.15) is 0 Å². The minimum atomic E-state index is -0.131. The van der Waals surface area contributed by atoms with E-state index in [1.807, 2.05) is 0 Å². The number of esters is 1. The number of fused-ring (bicyclic) bond motifs is 12. The van der Waals surface area contributed by atoms with Crippen LogP contribution in [0.5, 0.6) is 0 Å². The molecule has 1 aliphatic heterocycles. The van der Waals surface area contributed by atoms with E-state index < -0.39 is 0 Å². The van der Waals surface area contributed by atoms with E-state index in [0.717, 1.165) is 48.9 Å². The van der Waals surface area contributed by atoms with Crippen LogP contribution in [-0.2, 0) is 14.3 Å². The molecule has 27 heavy (non-hydrogen) atoms. The molecule has 1 saturated heterocycles. The lowest BCUT2D eigenvalue weighted by Crippen LogP contribution is -2.57. The van der Waals surface area contributed by atoms with E-state index in [4.69, 9.17) is 4.74 Å². The van der Waals surface area contributed by atoms with Crippen LogP contribution in [-0.4, -0.2) is 17.4 Å². The topological polar surface area (TPSA) is 43.4 Å². The van der Waals surface area contributed by atoms with E-state index in [9.17, 15) is 9.59 Å². The molecule has 1 spiro atoms. The zero-order chi connectivity index (χ0) is 18.3. The summed E-state index contributed by atoms with van der Waals surface area (Å²) in [6, 6.07) is 0. The number of carbonyl (C=O) groups excluding carboxylic acids is 2. The van der Waals surface area contributed by atoms with Crippen LogP contribution >= 0.6 is 0 Å². The second-order valence-corrected chi connectivity index (χ2v) is 11.5. The molecule has 0 radical (unpaired) electrons. The maximum atomic E-state index is 12.2. The van der Waals surface area contributed by atoms with Gasteiger partial charge in [0.15, 0.2) is 5.78 Å². The number of ether oxygens (including phenoxy) is 1. The molecule has 0 bridgehead atoms. The minimum absolute atomic E-state index is 0.0561. The zero-order valence-electron chi connectivity index (χ0n) is 16.5. The molecule has 6 fully saturated rings. The molecule has 7 rings (SSSR count). The van der Waals surface area contributed by atoms with Crippen LogP contribution in [0.4, 0.5) is 0 Å². The lowest BCUT2D eigenvalue weighted by atomic mass is 9.45. The Hall–Kier alpha value is -1.12. The molecule has 0 aromatic heterocycles. The van der Waals surface area contributed by atoms with Crippen molar-refractivity contribution in [2.45, 2.75) is 70.8 Å². The summed E-state index contributed by atoms with van der Waals surface area (Å²) in [5.74, 6) is 5.65. The van der Waals surface area contributed by atoms with E-state index in [0.29, 0.717) is 24.0 Å². The minimum Gasteiger partial charge on any atom is -0.458 e. The Kier molecular flexibility index (Phi) is 2.56. The molecule has 3 nitrogen and oxygen atoms in total. The van der Waals surface area contributed by atoms with E-state index in [1.54, 1.807) is 0 Å². The summed E-state index contributed by atoms with van der Waals surface area (Å²) >= 11 is 0. The average molecular weight is 367 g/mol. The molecule has 5 saturated carbocycles. The molecular formula is C24H30O3.